The van der Waals surface area contributed by atoms with Gasteiger partial charge in [0.05, 0.1) is 29.5 Å². The highest BCUT2D eigenvalue weighted by Gasteiger charge is 2.32. The second kappa shape index (κ2) is 7.60. The molecule has 1 N–H and O–H groups in total. The van der Waals surface area contributed by atoms with E-state index < -0.39 is 0 Å². The molecular formula is C20H17BrFN3O2S. The molecule has 4 rings (SSSR count). The number of halogens is 2. The molecule has 1 atom stereocenters. The fraction of sp³-hybridized carbons (Fsp3) is 0.200. The molecule has 0 aliphatic carbocycles. The highest BCUT2D eigenvalue weighted by atomic mass is 79.9. The lowest BCUT2D eigenvalue weighted by molar-refractivity contribution is -0.113. The lowest BCUT2D eigenvalue weighted by Crippen LogP contribution is -2.15. The second-order valence-corrected chi connectivity index (χ2v) is 8.37. The van der Waals surface area contributed by atoms with E-state index in [1.54, 1.807) is 23.9 Å². The third-order valence-electron chi connectivity index (χ3n) is 4.55. The summed E-state index contributed by atoms with van der Waals surface area (Å²) in [6.45, 7) is 1.91. The Hall–Kier alpha value is -2.32. The Morgan fingerprint density at radius 1 is 1.29 bits per heavy atom. The van der Waals surface area contributed by atoms with Gasteiger partial charge in [0.2, 0.25) is 5.91 Å². The molecule has 144 valence electrons. The van der Waals surface area contributed by atoms with Crippen molar-refractivity contribution in [3.05, 3.63) is 69.6 Å². The Labute approximate surface area is 174 Å². The lowest BCUT2D eigenvalue weighted by atomic mass is 10.0. The van der Waals surface area contributed by atoms with Gasteiger partial charge in [-0.15, -0.1) is 11.8 Å². The van der Waals surface area contributed by atoms with Crippen LogP contribution in [0.15, 0.2) is 46.9 Å². The molecule has 0 saturated heterocycles. The maximum absolute atomic E-state index is 13.4. The lowest BCUT2D eigenvalue weighted by Gasteiger charge is -2.18. The van der Waals surface area contributed by atoms with Crippen LogP contribution in [0.4, 0.5) is 10.2 Å². The molecule has 8 heteroatoms. The number of hydrogen-bond donors (Lipinski definition) is 1. The number of ether oxygens (including phenoxy) is 1. The van der Waals surface area contributed by atoms with Crippen molar-refractivity contribution in [2.75, 3.05) is 18.2 Å². The van der Waals surface area contributed by atoms with Crippen molar-refractivity contribution in [3.8, 4) is 11.4 Å². The minimum Gasteiger partial charge on any atom is -0.496 e. The molecule has 0 spiro atoms. The van der Waals surface area contributed by atoms with E-state index in [0.717, 1.165) is 27.0 Å². The SMILES string of the molecule is COc1ccc(Br)cc1C1SCC(=O)Nc2c1c(C)nn2-c1ccc(F)cc1. The van der Waals surface area contributed by atoms with Gasteiger partial charge in [-0.3, -0.25) is 4.79 Å². The van der Waals surface area contributed by atoms with Gasteiger partial charge < -0.3 is 10.1 Å². The first-order valence-corrected chi connectivity index (χ1v) is 10.4. The molecule has 1 aromatic heterocycles. The van der Waals surface area contributed by atoms with Crippen LogP contribution in [0.5, 0.6) is 5.75 Å². The van der Waals surface area contributed by atoms with Crippen LogP contribution >= 0.6 is 27.7 Å². The molecule has 2 heterocycles. The number of hydrogen-bond acceptors (Lipinski definition) is 4. The van der Waals surface area contributed by atoms with Crippen molar-refractivity contribution in [1.29, 1.82) is 0 Å². The Morgan fingerprint density at radius 3 is 2.75 bits per heavy atom. The first-order chi connectivity index (χ1) is 13.5. The third kappa shape index (κ3) is 3.42. The van der Waals surface area contributed by atoms with E-state index in [1.165, 1.54) is 23.9 Å². The van der Waals surface area contributed by atoms with Crippen molar-refractivity contribution >= 4 is 39.4 Å². The number of fused-ring (bicyclic) bond motifs is 1. The number of nitrogens with one attached hydrogen (secondary N) is 1. The van der Waals surface area contributed by atoms with Crippen molar-refractivity contribution in [2.45, 2.75) is 12.2 Å². The average molecular weight is 462 g/mol. The van der Waals surface area contributed by atoms with E-state index in [2.05, 4.69) is 26.3 Å². The van der Waals surface area contributed by atoms with E-state index >= 15 is 0 Å². The maximum Gasteiger partial charge on any atom is 0.235 e. The van der Waals surface area contributed by atoms with Gasteiger partial charge in [-0.25, -0.2) is 9.07 Å². The molecule has 3 aromatic rings. The topological polar surface area (TPSA) is 56.1 Å². The molecule has 0 fully saturated rings. The van der Waals surface area contributed by atoms with Crippen LogP contribution in [0.1, 0.15) is 22.1 Å². The molecule has 28 heavy (non-hydrogen) atoms. The number of benzene rings is 2. The zero-order valence-corrected chi connectivity index (χ0v) is 17.6. The molecule has 1 aliphatic rings. The number of anilines is 1. The summed E-state index contributed by atoms with van der Waals surface area (Å²) in [5, 5.41) is 7.46. The molecular weight excluding hydrogens is 445 g/mol. The zero-order chi connectivity index (χ0) is 19.8. The van der Waals surface area contributed by atoms with E-state index in [1.807, 2.05) is 25.1 Å². The molecule has 0 saturated carbocycles. The molecule has 0 bridgehead atoms. The first-order valence-electron chi connectivity index (χ1n) is 8.58. The van der Waals surface area contributed by atoms with E-state index in [4.69, 9.17) is 4.74 Å². The van der Waals surface area contributed by atoms with Gasteiger partial charge >= 0.3 is 0 Å². The van der Waals surface area contributed by atoms with Crippen LogP contribution in [0, 0.1) is 12.7 Å². The number of rotatable bonds is 3. The highest BCUT2D eigenvalue weighted by Crippen LogP contribution is 2.47. The van der Waals surface area contributed by atoms with Crippen LogP contribution in [0.3, 0.4) is 0 Å². The Balaban J connectivity index is 1.91. The van der Waals surface area contributed by atoms with Crippen LogP contribution in [-0.4, -0.2) is 28.6 Å². The summed E-state index contributed by atoms with van der Waals surface area (Å²) in [5.74, 6) is 1.22. The van der Waals surface area contributed by atoms with Crippen LogP contribution in [0.25, 0.3) is 5.69 Å². The second-order valence-electron chi connectivity index (χ2n) is 6.36. The minimum absolute atomic E-state index is 0.106. The summed E-state index contributed by atoms with van der Waals surface area (Å²) in [6.07, 6.45) is 0. The predicted molar refractivity (Wildman–Crippen MR) is 112 cm³/mol. The van der Waals surface area contributed by atoms with Gasteiger partial charge in [0, 0.05) is 15.6 Å². The van der Waals surface area contributed by atoms with Crippen molar-refractivity contribution in [2.24, 2.45) is 0 Å². The number of nitrogens with zero attached hydrogens (tertiary/aromatic N) is 2. The number of aryl methyl sites for hydroxylation is 1. The largest absolute Gasteiger partial charge is 0.496 e. The fourth-order valence-electron chi connectivity index (χ4n) is 3.31. The fourth-order valence-corrected chi connectivity index (χ4v) is 4.89. The molecule has 1 aliphatic heterocycles. The maximum atomic E-state index is 13.4. The molecule has 0 radical (unpaired) electrons. The molecule has 1 amide bonds. The number of carbonyl (C=O) groups is 1. The quantitative estimate of drug-likeness (QED) is 0.604. The number of methoxy groups -OCH3 is 1. The van der Waals surface area contributed by atoms with Crippen LogP contribution in [-0.2, 0) is 4.79 Å². The monoisotopic (exact) mass is 461 g/mol. The average Bonchev–Trinajstić information content (AvgIpc) is 2.88. The van der Waals surface area contributed by atoms with Gasteiger partial charge in [-0.2, -0.15) is 5.10 Å². The van der Waals surface area contributed by atoms with Gasteiger partial charge in [0.25, 0.3) is 0 Å². The molecule has 5 nitrogen and oxygen atoms in total. The third-order valence-corrected chi connectivity index (χ3v) is 6.30. The van der Waals surface area contributed by atoms with Crippen LogP contribution in [0.2, 0.25) is 0 Å². The highest BCUT2D eigenvalue weighted by molar-refractivity contribution is 9.10. The zero-order valence-electron chi connectivity index (χ0n) is 15.2. The Morgan fingerprint density at radius 2 is 2.04 bits per heavy atom. The Kier molecular flexibility index (Phi) is 5.16. The first kappa shape index (κ1) is 19.0. The Bertz CT molecular complexity index is 1050. The minimum atomic E-state index is -0.324. The number of carbonyl (C=O) groups excluding carboxylic acids is 1. The van der Waals surface area contributed by atoms with Crippen molar-refractivity contribution in [3.63, 3.8) is 0 Å². The normalized spacial score (nSPS) is 16.3. The molecule has 2 aromatic carbocycles. The number of amides is 1. The number of aromatic nitrogens is 2. The summed E-state index contributed by atoms with van der Waals surface area (Å²) in [7, 11) is 1.63. The van der Waals surface area contributed by atoms with Gasteiger partial charge in [-0.1, -0.05) is 15.9 Å². The summed E-state index contributed by atoms with van der Waals surface area (Å²) in [4.78, 5) is 12.4. The van der Waals surface area contributed by atoms with E-state index in [0.29, 0.717) is 17.3 Å². The van der Waals surface area contributed by atoms with Gasteiger partial charge in [0.15, 0.2) is 0 Å². The van der Waals surface area contributed by atoms with Crippen molar-refractivity contribution in [1.82, 2.24) is 9.78 Å². The van der Waals surface area contributed by atoms with Crippen molar-refractivity contribution < 1.29 is 13.9 Å². The summed E-state index contributed by atoms with van der Waals surface area (Å²) >= 11 is 5.05. The summed E-state index contributed by atoms with van der Waals surface area (Å²) in [6, 6.07) is 11.9. The summed E-state index contributed by atoms with van der Waals surface area (Å²) in [5.41, 5.74) is 3.34. The van der Waals surface area contributed by atoms with E-state index in [-0.39, 0.29) is 17.0 Å². The van der Waals surface area contributed by atoms with E-state index in [9.17, 15) is 9.18 Å². The predicted octanol–water partition coefficient (Wildman–Crippen LogP) is 4.87. The van der Waals surface area contributed by atoms with Gasteiger partial charge in [-0.05, 0) is 49.4 Å². The van der Waals surface area contributed by atoms with Crippen LogP contribution < -0.4 is 10.1 Å². The number of thioether (sulfide) groups is 1. The summed E-state index contributed by atoms with van der Waals surface area (Å²) < 4.78 is 21.5. The smallest absolute Gasteiger partial charge is 0.235 e. The van der Waals surface area contributed by atoms with Gasteiger partial charge in [0.1, 0.15) is 17.4 Å². The standard InChI is InChI=1S/C20H17BrFN3O2S/c1-11-18-19(15-9-12(21)3-8-16(15)27-2)28-10-17(26)23-20(18)25(24-11)14-6-4-13(22)5-7-14/h3-9,19H,10H2,1-2H3,(H,23,26). The molecule has 1 unspecified atom stereocenters.